The predicted octanol–water partition coefficient (Wildman–Crippen LogP) is 2.19. The Morgan fingerprint density at radius 1 is 1.53 bits per heavy atom. The number of aryl methyl sites for hydroxylation is 1. The van der Waals surface area contributed by atoms with E-state index in [-0.39, 0.29) is 12.2 Å². The number of nitrogens with zero attached hydrogens (tertiary/aromatic N) is 2. The van der Waals surface area contributed by atoms with Crippen molar-refractivity contribution in [1.82, 2.24) is 9.55 Å². The smallest absolute Gasteiger partial charge is 0.172 e. The SMILES string of the molecule is Cn1ccnc1CC(=O)c1cc(Br)ccc1N. The summed E-state index contributed by atoms with van der Waals surface area (Å²) in [4.78, 5) is 16.2. The zero-order valence-electron chi connectivity index (χ0n) is 9.35. The number of nitrogens with two attached hydrogens (primary N) is 1. The van der Waals surface area contributed by atoms with Crippen LogP contribution in [-0.4, -0.2) is 15.3 Å². The highest BCUT2D eigenvalue weighted by molar-refractivity contribution is 9.10. The number of aromatic nitrogens is 2. The van der Waals surface area contributed by atoms with E-state index >= 15 is 0 Å². The standard InChI is InChI=1S/C12H12BrN3O/c1-16-5-4-15-12(16)7-11(17)9-6-8(13)2-3-10(9)14/h2-6H,7,14H2,1H3. The first kappa shape index (κ1) is 11.9. The first-order valence-electron chi connectivity index (χ1n) is 5.12. The highest BCUT2D eigenvalue weighted by atomic mass is 79.9. The molecule has 0 saturated carbocycles. The lowest BCUT2D eigenvalue weighted by Gasteiger charge is -2.05. The summed E-state index contributed by atoms with van der Waals surface area (Å²) in [6.45, 7) is 0. The Hall–Kier alpha value is -1.62. The van der Waals surface area contributed by atoms with Gasteiger partial charge >= 0.3 is 0 Å². The molecule has 2 aromatic rings. The van der Waals surface area contributed by atoms with Crippen molar-refractivity contribution in [2.75, 3.05) is 5.73 Å². The molecule has 4 nitrogen and oxygen atoms in total. The Morgan fingerprint density at radius 2 is 2.29 bits per heavy atom. The highest BCUT2D eigenvalue weighted by Gasteiger charge is 2.13. The quantitative estimate of drug-likeness (QED) is 0.697. The average Bonchev–Trinajstić information content (AvgIpc) is 2.68. The van der Waals surface area contributed by atoms with Crippen LogP contribution in [0.25, 0.3) is 0 Å². The molecule has 2 N–H and O–H groups in total. The van der Waals surface area contributed by atoms with Crippen molar-refractivity contribution in [3.8, 4) is 0 Å². The molecule has 0 spiro atoms. The summed E-state index contributed by atoms with van der Waals surface area (Å²) in [5.41, 5.74) is 6.81. The number of carbonyl (C=O) groups excluding carboxylic acids is 1. The van der Waals surface area contributed by atoms with Gasteiger partial charge in [0.1, 0.15) is 5.82 Å². The Morgan fingerprint density at radius 3 is 2.94 bits per heavy atom. The minimum atomic E-state index is -0.0295. The van der Waals surface area contributed by atoms with Gasteiger partial charge in [-0.25, -0.2) is 4.98 Å². The number of hydrogen-bond donors (Lipinski definition) is 1. The molecule has 0 fully saturated rings. The largest absolute Gasteiger partial charge is 0.398 e. The molecule has 17 heavy (non-hydrogen) atoms. The van der Waals surface area contributed by atoms with Crippen LogP contribution in [0.5, 0.6) is 0 Å². The minimum absolute atomic E-state index is 0.0295. The lowest BCUT2D eigenvalue weighted by atomic mass is 10.1. The lowest BCUT2D eigenvalue weighted by Crippen LogP contribution is -2.10. The monoisotopic (exact) mass is 293 g/mol. The third kappa shape index (κ3) is 2.55. The third-order valence-electron chi connectivity index (χ3n) is 2.56. The van der Waals surface area contributed by atoms with E-state index in [1.54, 1.807) is 18.3 Å². The first-order valence-corrected chi connectivity index (χ1v) is 5.91. The first-order chi connectivity index (χ1) is 8.08. The van der Waals surface area contributed by atoms with Gasteiger partial charge in [-0.2, -0.15) is 0 Å². The fraction of sp³-hybridized carbons (Fsp3) is 0.167. The molecule has 5 heteroatoms. The number of imidazole rings is 1. The molecule has 0 aliphatic heterocycles. The molecule has 0 amide bonds. The molecule has 1 aromatic carbocycles. The van der Waals surface area contributed by atoms with Gasteiger partial charge in [0.05, 0.1) is 6.42 Å². The van der Waals surface area contributed by atoms with Gasteiger partial charge < -0.3 is 10.3 Å². The van der Waals surface area contributed by atoms with E-state index in [0.29, 0.717) is 11.3 Å². The number of benzene rings is 1. The number of rotatable bonds is 3. The van der Waals surface area contributed by atoms with Gasteiger partial charge in [0, 0.05) is 35.2 Å². The number of anilines is 1. The van der Waals surface area contributed by atoms with E-state index in [0.717, 1.165) is 10.3 Å². The Balaban J connectivity index is 2.26. The van der Waals surface area contributed by atoms with Crippen molar-refractivity contribution in [3.63, 3.8) is 0 Å². The molecule has 1 heterocycles. The highest BCUT2D eigenvalue weighted by Crippen LogP contribution is 2.20. The normalized spacial score (nSPS) is 10.5. The van der Waals surface area contributed by atoms with Crippen molar-refractivity contribution < 1.29 is 4.79 Å². The van der Waals surface area contributed by atoms with Crippen LogP contribution in [0.1, 0.15) is 16.2 Å². The van der Waals surface area contributed by atoms with Crippen LogP contribution < -0.4 is 5.73 Å². The third-order valence-corrected chi connectivity index (χ3v) is 3.05. The maximum atomic E-state index is 12.1. The fourth-order valence-electron chi connectivity index (χ4n) is 1.58. The molecule has 0 aliphatic carbocycles. The summed E-state index contributed by atoms with van der Waals surface area (Å²) in [6, 6.07) is 5.27. The molecule has 0 atom stereocenters. The second kappa shape index (κ2) is 4.71. The molecule has 0 aliphatic rings. The topological polar surface area (TPSA) is 60.9 Å². The maximum absolute atomic E-state index is 12.1. The average molecular weight is 294 g/mol. The molecule has 0 saturated heterocycles. The van der Waals surface area contributed by atoms with Gasteiger partial charge in [-0.15, -0.1) is 0 Å². The van der Waals surface area contributed by atoms with Gasteiger partial charge in [-0.1, -0.05) is 15.9 Å². The molecule has 0 unspecified atom stereocenters. The molecule has 0 bridgehead atoms. The summed E-state index contributed by atoms with van der Waals surface area (Å²) in [7, 11) is 1.86. The van der Waals surface area contributed by atoms with Crippen LogP contribution in [0.3, 0.4) is 0 Å². The van der Waals surface area contributed by atoms with E-state index < -0.39 is 0 Å². The number of Topliss-reactive ketones (excluding diaryl/α,β-unsaturated/α-hetero) is 1. The van der Waals surface area contributed by atoms with Crippen molar-refractivity contribution in [3.05, 3.63) is 46.5 Å². The minimum Gasteiger partial charge on any atom is -0.398 e. The molecule has 0 radical (unpaired) electrons. The van der Waals surface area contributed by atoms with E-state index in [1.165, 1.54) is 0 Å². The van der Waals surface area contributed by atoms with Gasteiger partial charge in [-0.3, -0.25) is 4.79 Å². The number of nitrogen functional groups attached to an aromatic ring is 1. The summed E-state index contributed by atoms with van der Waals surface area (Å²) >= 11 is 3.33. The van der Waals surface area contributed by atoms with Crippen molar-refractivity contribution >= 4 is 27.4 Å². The van der Waals surface area contributed by atoms with Crippen LogP contribution in [0, 0.1) is 0 Å². The second-order valence-electron chi connectivity index (χ2n) is 3.79. The van der Waals surface area contributed by atoms with E-state index in [1.807, 2.05) is 23.9 Å². The summed E-state index contributed by atoms with van der Waals surface area (Å²) in [5, 5.41) is 0. The van der Waals surface area contributed by atoms with Crippen molar-refractivity contribution in [2.24, 2.45) is 7.05 Å². The summed E-state index contributed by atoms with van der Waals surface area (Å²) in [6.07, 6.45) is 3.74. The van der Waals surface area contributed by atoms with Gasteiger partial charge in [0.2, 0.25) is 0 Å². The number of carbonyl (C=O) groups is 1. The molecular weight excluding hydrogens is 282 g/mol. The van der Waals surface area contributed by atoms with Crippen LogP contribution >= 0.6 is 15.9 Å². The summed E-state index contributed by atoms with van der Waals surface area (Å²) < 4.78 is 2.67. The van der Waals surface area contributed by atoms with E-state index in [4.69, 9.17) is 5.73 Å². The molecule has 1 aromatic heterocycles. The Kier molecular flexibility index (Phi) is 3.28. The van der Waals surface area contributed by atoms with Gasteiger partial charge in [-0.05, 0) is 18.2 Å². The predicted molar refractivity (Wildman–Crippen MR) is 69.8 cm³/mol. The zero-order chi connectivity index (χ0) is 12.4. The van der Waals surface area contributed by atoms with Crippen LogP contribution in [-0.2, 0) is 13.5 Å². The molecular formula is C12H12BrN3O. The Labute approximate surface area is 108 Å². The fourth-order valence-corrected chi connectivity index (χ4v) is 1.94. The van der Waals surface area contributed by atoms with E-state index in [9.17, 15) is 4.79 Å². The van der Waals surface area contributed by atoms with Gasteiger partial charge in [0.15, 0.2) is 5.78 Å². The van der Waals surface area contributed by atoms with Crippen molar-refractivity contribution in [1.29, 1.82) is 0 Å². The van der Waals surface area contributed by atoms with Crippen LogP contribution in [0.2, 0.25) is 0 Å². The summed E-state index contributed by atoms with van der Waals surface area (Å²) in [5.74, 6) is 0.701. The Bertz CT molecular complexity index is 563. The van der Waals surface area contributed by atoms with Crippen LogP contribution in [0.15, 0.2) is 35.1 Å². The number of halogens is 1. The lowest BCUT2D eigenvalue weighted by molar-refractivity contribution is 0.0991. The van der Waals surface area contributed by atoms with Crippen LogP contribution in [0.4, 0.5) is 5.69 Å². The number of hydrogen-bond acceptors (Lipinski definition) is 3. The number of ketones is 1. The second-order valence-corrected chi connectivity index (χ2v) is 4.70. The zero-order valence-corrected chi connectivity index (χ0v) is 10.9. The van der Waals surface area contributed by atoms with Crippen molar-refractivity contribution in [2.45, 2.75) is 6.42 Å². The van der Waals surface area contributed by atoms with E-state index in [2.05, 4.69) is 20.9 Å². The molecule has 2 rings (SSSR count). The maximum Gasteiger partial charge on any atom is 0.172 e. The molecule has 88 valence electrons. The van der Waals surface area contributed by atoms with Gasteiger partial charge in [0.25, 0.3) is 0 Å².